The van der Waals surface area contributed by atoms with Crippen LogP contribution in [0.2, 0.25) is 0 Å². The van der Waals surface area contributed by atoms with E-state index in [1.165, 1.54) is 12.3 Å². The van der Waals surface area contributed by atoms with Crippen molar-refractivity contribution in [2.24, 2.45) is 0 Å². The van der Waals surface area contributed by atoms with Crippen LogP contribution in [0.25, 0.3) is 5.57 Å². The monoisotopic (exact) mass is 441 g/mol. The van der Waals surface area contributed by atoms with Crippen LogP contribution in [0.3, 0.4) is 0 Å². The summed E-state index contributed by atoms with van der Waals surface area (Å²) in [6.07, 6.45) is 2.63. The van der Waals surface area contributed by atoms with Gasteiger partial charge in [0.05, 0.1) is 11.3 Å². The fraction of sp³-hybridized carbons (Fsp3) is 0.0500. The van der Waals surface area contributed by atoms with Crippen molar-refractivity contribution in [1.82, 2.24) is 10.6 Å². The third-order valence-electron chi connectivity index (χ3n) is 4.05. The van der Waals surface area contributed by atoms with Gasteiger partial charge in [0.15, 0.2) is 0 Å². The molecule has 0 spiro atoms. The predicted octanol–water partition coefficient (Wildman–Crippen LogP) is 2.68. The van der Waals surface area contributed by atoms with Crippen molar-refractivity contribution in [1.29, 1.82) is 0 Å². The molecule has 8 heteroatoms. The van der Waals surface area contributed by atoms with Gasteiger partial charge in [-0.3, -0.25) is 19.7 Å². The molecule has 0 aromatic heterocycles. The average Bonchev–Trinajstić information content (AvgIpc) is 2.66. The number of aromatic hydroxyl groups is 1. The van der Waals surface area contributed by atoms with Gasteiger partial charge in [0.2, 0.25) is 5.91 Å². The summed E-state index contributed by atoms with van der Waals surface area (Å²) in [6, 6.07) is 9.87. The normalized spacial score (nSPS) is 14.2. The molecule has 0 atom stereocenters. The van der Waals surface area contributed by atoms with Gasteiger partial charge in [-0.2, -0.15) is 0 Å². The van der Waals surface area contributed by atoms with Crippen molar-refractivity contribution in [3.8, 4) is 5.75 Å². The second-order valence-corrected chi connectivity index (χ2v) is 6.87. The van der Waals surface area contributed by atoms with E-state index in [1.54, 1.807) is 30.3 Å². The lowest BCUT2D eigenvalue weighted by Crippen LogP contribution is -2.37. The Morgan fingerprint density at radius 3 is 2.64 bits per heavy atom. The van der Waals surface area contributed by atoms with E-state index in [9.17, 15) is 19.5 Å². The first-order valence-electron chi connectivity index (χ1n) is 8.23. The first-order valence-corrected chi connectivity index (χ1v) is 9.03. The first kappa shape index (κ1) is 19.4. The van der Waals surface area contributed by atoms with Crippen LogP contribution in [-0.2, 0) is 16.1 Å². The summed E-state index contributed by atoms with van der Waals surface area (Å²) in [7, 11) is 0. The van der Waals surface area contributed by atoms with Gasteiger partial charge in [-0.25, -0.2) is 0 Å². The lowest BCUT2D eigenvalue weighted by molar-refractivity contribution is -0.115. The van der Waals surface area contributed by atoms with Crippen LogP contribution in [0, 0.1) is 0 Å². The zero-order valence-electron chi connectivity index (χ0n) is 14.6. The van der Waals surface area contributed by atoms with Gasteiger partial charge in [0.1, 0.15) is 5.75 Å². The molecule has 1 aliphatic rings. The maximum Gasteiger partial charge on any atom is 0.260 e. The molecular weight excluding hydrogens is 426 g/mol. The number of carbonyl (C=O) groups is 3. The molecule has 0 radical (unpaired) electrons. The molecule has 0 fully saturated rings. The molecule has 0 saturated carbocycles. The minimum absolute atomic E-state index is 0.0857. The summed E-state index contributed by atoms with van der Waals surface area (Å²) >= 11 is 3.34. The molecule has 4 N–H and O–H groups in total. The Hall–Kier alpha value is -3.39. The van der Waals surface area contributed by atoms with E-state index < -0.39 is 17.7 Å². The lowest BCUT2D eigenvalue weighted by Gasteiger charge is -2.18. The van der Waals surface area contributed by atoms with Crippen molar-refractivity contribution in [2.75, 3.05) is 5.32 Å². The van der Waals surface area contributed by atoms with E-state index in [1.807, 2.05) is 0 Å². The van der Waals surface area contributed by atoms with Crippen molar-refractivity contribution in [2.45, 2.75) is 6.54 Å². The highest BCUT2D eigenvalue weighted by Gasteiger charge is 2.27. The highest BCUT2D eigenvalue weighted by molar-refractivity contribution is 9.10. The van der Waals surface area contributed by atoms with Crippen molar-refractivity contribution in [3.05, 3.63) is 76.4 Å². The number of amides is 3. The number of benzene rings is 2. The molecule has 142 valence electrons. The van der Waals surface area contributed by atoms with Crippen LogP contribution in [0.4, 0.5) is 5.69 Å². The highest BCUT2D eigenvalue weighted by Crippen LogP contribution is 2.27. The van der Waals surface area contributed by atoms with Crippen molar-refractivity contribution >= 4 is 44.9 Å². The number of fused-ring (bicyclic) bond motifs is 1. The largest absolute Gasteiger partial charge is 0.506 e. The zero-order chi connectivity index (χ0) is 20.3. The molecule has 3 rings (SSSR count). The number of hydrogen-bond donors (Lipinski definition) is 4. The van der Waals surface area contributed by atoms with Gasteiger partial charge >= 0.3 is 0 Å². The van der Waals surface area contributed by atoms with E-state index in [0.29, 0.717) is 23.2 Å². The summed E-state index contributed by atoms with van der Waals surface area (Å²) in [5.74, 6) is -1.44. The molecule has 1 aliphatic heterocycles. The number of rotatable bonds is 5. The fourth-order valence-corrected chi connectivity index (χ4v) is 3.05. The third kappa shape index (κ3) is 4.12. The number of imide groups is 1. The van der Waals surface area contributed by atoms with Gasteiger partial charge in [-0.15, -0.1) is 0 Å². The zero-order valence-corrected chi connectivity index (χ0v) is 16.2. The second kappa shape index (κ2) is 8.10. The Labute approximate surface area is 169 Å². The van der Waals surface area contributed by atoms with Crippen LogP contribution in [0.15, 0.2) is 59.7 Å². The number of phenols is 1. The Kier molecular flexibility index (Phi) is 5.60. The number of nitrogens with one attached hydrogen (secondary N) is 3. The van der Waals surface area contributed by atoms with E-state index in [2.05, 4.69) is 38.5 Å². The number of hydrogen-bond acceptors (Lipinski definition) is 5. The molecule has 28 heavy (non-hydrogen) atoms. The van der Waals surface area contributed by atoms with E-state index in [4.69, 9.17) is 0 Å². The van der Waals surface area contributed by atoms with Crippen molar-refractivity contribution in [3.63, 3.8) is 0 Å². The van der Waals surface area contributed by atoms with Gasteiger partial charge in [-0.1, -0.05) is 28.6 Å². The number of anilines is 1. The number of phenolic OH excluding ortho intramolecular Hbond substituents is 1. The van der Waals surface area contributed by atoms with E-state index in [-0.39, 0.29) is 11.4 Å². The van der Waals surface area contributed by atoms with Gasteiger partial charge < -0.3 is 15.7 Å². The Morgan fingerprint density at radius 1 is 1.14 bits per heavy atom. The first-order chi connectivity index (χ1) is 13.4. The predicted molar refractivity (Wildman–Crippen MR) is 108 cm³/mol. The van der Waals surface area contributed by atoms with E-state index >= 15 is 0 Å². The van der Waals surface area contributed by atoms with E-state index in [0.717, 1.165) is 16.1 Å². The quantitative estimate of drug-likeness (QED) is 0.324. The van der Waals surface area contributed by atoms with Crippen LogP contribution < -0.4 is 16.0 Å². The minimum atomic E-state index is -0.492. The summed E-state index contributed by atoms with van der Waals surface area (Å²) in [6.45, 7) is 3.67. The molecule has 2 aromatic rings. The minimum Gasteiger partial charge on any atom is -0.506 e. The molecule has 7 nitrogen and oxygen atoms in total. The van der Waals surface area contributed by atoms with Crippen LogP contribution >= 0.6 is 15.9 Å². The van der Waals surface area contributed by atoms with Crippen LogP contribution in [0.1, 0.15) is 21.5 Å². The molecule has 0 unspecified atom stereocenters. The molecule has 0 saturated heterocycles. The molecule has 1 heterocycles. The number of halogens is 1. The Bertz CT molecular complexity index is 1030. The maximum absolute atomic E-state index is 12.2. The van der Waals surface area contributed by atoms with Crippen molar-refractivity contribution < 1.29 is 19.5 Å². The second-order valence-electron chi connectivity index (χ2n) is 5.96. The standard InChI is InChI=1S/C20H16BrN3O4/c1-2-18(26)23-16-6-3-11(7-17(16)25)9-22-10-15-14-8-12(21)4-5-13(14)19(27)24-20(15)28/h2-8,10,22,25H,1,9H2,(H,23,26)(H,24,27,28). The Morgan fingerprint density at radius 2 is 1.93 bits per heavy atom. The summed E-state index contributed by atoms with van der Waals surface area (Å²) in [5.41, 5.74) is 2.27. The van der Waals surface area contributed by atoms with Crippen LogP contribution in [-0.4, -0.2) is 22.8 Å². The lowest BCUT2D eigenvalue weighted by atomic mass is 9.95. The van der Waals surface area contributed by atoms with Gasteiger partial charge in [-0.05, 0) is 42.0 Å². The van der Waals surface area contributed by atoms with Crippen LogP contribution in [0.5, 0.6) is 5.75 Å². The maximum atomic E-state index is 12.2. The smallest absolute Gasteiger partial charge is 0.260 e. The SMILES string of the molecule is C=CC(=O)Nc1ccc(CNC=C2C(=O)NC(=O)c3ccc(Br)cc32)cc1O. The summed E-state index contributed by atoms with van der Waals surface area (Å²) in [5, 5.41) is 17.8. The Balaban J connectivity index is 1.77. The summed E-state index contributed by atoms with van der Waals surface area (Å²) in [4.78, 5) is 35.5. The highest BCUT2D eigenvalue weighted by atomic mass is 79.9. The third-order valence-corrected chi connectivity index (χ3v) is 4.54. The molecule has 0 aliphatic carbocycles. The summed E-state index contributed by atoms with van der Waals surface area (Å²) < 4.78 is 0.752. The van der Waals surface area contributed by atoms with Gasteiger partial charge in [0, 0.05) is 28.3 Å². The topological polar surface area (TPSA) is 108 Å². The molecule has 3 amide bonds. The average molecular weight is 442 g/mol. The molecular formula is C20H16BrN3O4. The fourth-order valence-electron chi connectivity index (χ4n) is 2.69. The molecule has 2 aromatic carbocycles. The molecule has 0 bridgehead atoms. The number of carbonyl (C=O) groups excluding carboxylic acids is 3. The van der Waals surface area contributed by atoms with Gasteiger partial charge in [0.25, 0.3) is 11.8 Å².